The average Bonchev–Trinajstić information content (AvgIpc) is 3.48. The molecular formula is C53H64BClN2. The highest BCUT2D eigenvalue weighted by Gasteiger charge is 2.63. The molecule has 2 nitrogen and oxygen atoms in total. The third-order valence-corrected chi connectivity index (χ3v) is 16.8. The van der Waals surface area contributed by atoms with Crippen LogP contribution in [0, 0.1) is 0 Å². The van der Waals surface area contributed by atoms with E-state index in [1.54, 1.807) is 16.7 Å². The van der Waals surface area contributed by atoms with Crippen LogP contribution in [0.4, 0.5) is 22.7 Å². The lowest BCUT2D eigenvalue weighted by Gasteiger charge is -2.53. The summed E-state index contributed by atoms with van der Waals surface area (Å²) < 4.78 is 0. The Balaban J connectivity index is 1.36. The van der Waals surface area contributed by atoms with Gasteiger partial charge in [-0.2, -0.15) is 0 Å². The monoisotopic (exact) mass is 774 g/mol. The molecule has 0 amide bonds. The SMILES string of the molecule is CC(C)(C)c1ccc(N2C3=C(B4c5cc(C(C)(C)C)cc6c5N(c5cc(Cl)cc2c54)C2(C)CCCCC62C)c2cc4c(cc2C3(C)C)C(C)(C)CCC4(C)C)cc1. The van der Waals surface area contributed by atoms with Crippen molar-refractivity contribution in [1.82, 2.24) is 0 Å². The molecular weight excluding hydrogens is 711 g/mol. The van der Waals surface area contributed by atoms with Crippen molar-refractivity contribution in [3.05, 3.63) is 110 Å². The number of anilines is 4. The zero-order valence-electron chi connectivity index (χ0n) is 37.4. The van der Waals surface area contributed by atoms with Crippen molar-refractivity contribution >= 4 is 57.5 Å². The van der Waals surface area contributed by atoms with Crippen LogP contribution in [-0.2, 0) is 32.5 Å². The molecule has 1 saturated carbocycles. The Bertz CT molecular complexity index is 2470. The molecule has 10 rings (SSSR count). The molecule has 0 saturated heterocycles. The van der Waals surface area contributed by atoms with E-state index >= 15 is 0 Å². The van der Waals surface area contributed by atoms with Gasteiger partial charge in [-0.15, -0.1) is 0 Å². The number of rotatable bonds is 1. The number of nitrogens with zero attached hydrogens (tertiary/aromatic N) is 2. The molecule has 3 aliphatic carbocycles. The normalized spacial score (nSPS) is 25.8. The van der Waals surface area contributed by atoms with E-state index in [2.05, 4.69) is 167 Å². The van der Waals surface area contributed by atoms with Gasteiger partial charge in [0.2, 0.25) is 0 Å². The number of hydrogen-bond acceptors (Lipinski definition) is 2. The lowest BCUT2D eigenvalue weighted by Crippen LogP contribution is -2.61. The van der Waals surface area contributed by atoms with Gasteiger partial charge in [0.25, 0.3) is 6.71 Å². The molecule has 2 atom stereocenters. The molecule has 1 fully saturated rings. The van der Waals surface area contributed by atoms with E-state index in [4.69, 9.17) is 11.6 Å². The summed E-state index contributed by atoms with van der Waals surface area (Å²) in [4.78, 5) is 5.49. The fraction of sp³-hybridized carbons (Fsp3) is 0.509. The Morgan fingerprint density at radius 3 is 1.84 bits per heavy atom. The minimum absolute atomic E-state index is 0.0116. The lowest BCUT2D eigenvalue weighted by molar-refractivity contribution is 0.195. The quantitative estimate of drug-likeness (QED) is 0.178. The summed E-state index contributed by atoms with van der Waals surface area (Å²) in [5, 5.41) is 0.819. The Labute approximate surface area is 349 Å². The topological polar surface area (TPSA) is 6.48 Å². The highest BCUT2D eigenvalue weighted by atomic mass is 35.5. The Morgan fingerprint density at radius 2 is 1.21 bits per heavy atom. The van der Waals surface area contributed by atoms with E-state index in [1.165, 1.54) is 106 Å². The molecule has 3 aliphatic heterocycles. The number of allylic oxidation sites excluding steroid dienone is 1. The van der Waals surface area contributed by atoms with Gasteiger partial charge in [-0.1, -0.05) is 151 Å². The first-order chi connectivity index (χ1) is 26.4. The van der Waals surface area contributed by atoms with Crippen LogP contribution in [0.1, 0.15) is 174 Å². The molecule has 4 aromatic carbocycles. The van der Waals surface area contributed by atoms with Gasteiger partial charge in [-0.25, -0.2) is 0 Å². The van der Waals surface area contributed by atoms with Crippen LogP contribution in [0.3, 0.4) is 0 Å². The molecule has 3 heterocycles. The zero-order valence-corrected chi connectivity index (χ0v) is 38.1. The van der Waals surface area contributed by atoms with Crippen molar-refractivity contribution < 1.29 is 0 Å². The van der Waals surface area contributed by atoms with Crippen molar-refractivity contribution in [3.8, 4) is 0 Å². The van der Waals surface area contributed by atoms with E-state index in [-0.39, 0.29) is 44.7 Å². The van der Waals surface area contributed by atoms with E-state index in [1.807, 2.05) is 0 Å². The summed E-state index contributed by atoms with van der Waals surface area (Å²) in [6, 6.07) is 24.8. The third-order valence-electron chi connectivity index (χ3n) is 16.6. The lowest BCUT2D eigenvalue weighted by atomic mass is 9.32. The molecule has 0 spiro atoms. The van der Waals surface area contributed by atoms with Crippen LogP contribution < -0.4 is 20.7 Å². The van der Waals surface area contributed by atoms with Gasteiger partial charge in [0, 0.05) is 44.3 Å². The molecule has 0 bridgehead atoms. The molecule has 6 aliphatic rings. The fourth-order valence-electron chi connectivity index (χ4n) is 12.7. The number of hydrogen-bond donors (Lipinski definition) is 0. The van der Waals surface area contributed by atoms with Crippen molar-refractivity contribution in [3.63, 3.8) is 0 Å². The standard InChI is InChI=1S/C53H64BClN2/c1-47(2,3)31-17-19-34(20-18-31)56-41-27-33(55)28-42-44(41)54(40-26-32(48(4,5)6)25-39-45(40)57(42)53(14)22-16-15-21-52(39,53)13)43-35-29-37-38(30-36(35)51(11,12)46(43)56)50(9,10)24-23-49(37,7)8/h17-20,25-30H,15-16,21-24H2,1-14H3. The molecule has 2 unspecified atom stereocenters. The number of benzene rings is 4. The van der Waals surface area contributed by atoms with Gasteiger partial charge in [0.1, 0.15) is 0 Å². The van der Waals surface area contributed by atoms with Gasteiger partial charge in [-0.05, 0) is 134 Å². The fourth-order valence-corrected chi connectivity index (χ4v) is 12.9. The van der Waals surface area contributed by atoms with Gasteiger partial charge < -0.3 is 9.80 Å². The second-order valence-electron chi connectivity index (χ2n) is 23.4. The van der Waals surface area contributed by atoms with Crippen molar-refractivity contribution in [1.29, 1.82) is 0 Å². The molecule has 0 N–H and O–H groups in total. The van der Waals surface area contributed by atoms with Crippen molar-refractivity contribution in [2.75, 3.05) is 9.80 Å². The molecule has 57 heavy (non-hydrogen) atoms. The number of fused-ring (bicyclic) bond motifs is 9. The predicted molar refractivity (Wildman–Crippen MR) is 247 cm³/mol. The highest BCUT2D eigenvalue weighted by molar-refractivity contribution is 7.03. The average molecular weight is 775 g/mol. The van der Waals surface area contributed by atoms with Crippen LogP contribution in [0.5, 0.6) is 0 Å². The largest absolute Gasteiger partial charge is 0.335 e. The van der Waals surface area contributed by atoms with Gasteiger partial charge in [0.05, 0.1) is 5.54 Å². The van der Waals surface area contributed by atoms with Gasteiger partial charge in [0.15, 0.2) is 0 Å². The van der Waals surface area contributed by atoms with Gasteiger partial charge in [-0.3, -0.25) is 0 Å². The maximum absolute atomic E-state index is 7.46. The maximum atomic E-state index is 7.46. The molecule has 4 heteroatoms. The second-order valence-corrected chi connectivity index (χ2v) is 23.8. The van der Waals surface area contributed by atoms with E-state index < -0.39 is 0 Å². The van der Waals surface area contributed by atoms with Gasteiger partial charge >= 0.3 is 0 Å². The summed E-state index contributed by atoms with van der Waals surface area (Å²) in [6.07, 6.45) is 7.33. The Hall–Kier alpha value is -3.43. The number of halogens is 1. The smallest absolute Gasteiger partial charge is 0.252 e. The predicted octanol–water partition coefficient (Wildman–Crippen LogP) is 13.3. The summed E-state index contributed by atoms with van der Waals surface area (Å²) >= 11 is 7.46. The maximum Gasteiger partial charge on any atom is 0.252 e. The van der Waals surface area contributed by atoms with Crippen LogP contribution in [0.2, 0.25) is 5.02 Å². The van der Waals surface area contributed by atoms with Crippen LogP contribution in [-0.4, -0.2) is 12.3 Å². The van der Waals surface area contributed by atoms with E-state index in [0.717, 1.165) is 5.02 Å². The van der Waals surface area contributed by atoms with Crippen LogP contribution >= 0.6 is 11.6 Å². The van der Waals surface area contributed by atoms with E-state index in [9.17, 15) is 0 Å². The second kappa shape index (κ2) is 11.2. The van der Waals surface area contributed by atoms with Crippen molar-refractivity contribution in [2.24, 2.45) is 0 Å². The summed E-state index contributed by atoms with van der Waals surface area (Å²) in [6.45, 7) is 34.4. The minimum atomic E-state index is -0.256. The van der Waals surface area contributed by atoms with Crippen molar-refractivity contribution in [2.45, 2.75) is 173 Å². The van der Waals surface area contributed by atoms with Crippen LogP contribution in [0.25, 0.3) is 5.47 Å². The summed E-state index contributed by atoms with van der Waals surface area (Å²) in [7, 11) is 0. The minimum Gasteiger partial charge on any atom is -0.335 e. The highest BCUT2D eigenvalue weighted by Crippen LogP contribution is 2.64. The molecule has 296 valence electrons. The first kappa shape index (κ1) is 37.8. The first-order valence-electron chi connectivity index (χ1n) is 22.1. The molecule has 4 aromatic rings. The molecule has 0 aromatic heterocycles. The Kier molecular flexibility index (Phi) is 7.45. The molecule has 0 radical (unpaired) electrons. The van der Waals surface area contributed by atoms with E-state index in [0.29, 0.717) is 0 Å². The van der Waals surface area contributed by atoms with Crippen LogP contribution in [0.15, 0.2) is 66.4 Å². The third kappa shape index (κ3) is 4.79. The Morgan fingerprint density at radius 1 is 0.614 bits per heavy atom. The summed E-state index contributed by atoms with van der Waals surface area (Å²) in [5.41, 5.74) is 21.5. The zero-order chi connectivity index (χ0) is 40.8. The first-order valence-corrected chi connectivity index (χ1v) is 22.5. The summed E-state index contributed by atoms with van der Waals surface area (Å²) in [5.74, 6) is 0.